The Labute approximate surface area is 175 Å². The first-order chi connectivity index (χ1) is 13.9. The summed E-state index contributed by atoms with van der Waals surface area (Å²) in [5, 5.41) is 0.391. The highest BCUT2D eigenvalue weighted by Crippen LogP contribution is 2.30. The minimum atomic E-state index is -0.963. The van der Waals surface area contributed by atoms with E-state index in [9.17, 15) is 14.4 Å². The van der Waals surface area contributed by atoms with Crippen LogP contribution in [0, 0.1) is 0 Å². The smallest absolute Gasteiger partial charge is 0.338 e. The van der Waals surface area contributed by atoms with Gasteiger partial charge in [0.1, 0.15) is 0 Å². The number of likely N-dealkylation sites (N-methyl/N-ethyl adjacent to an activating group) is 1. The zero-order chi connectivity index (χ0) is 21.0. The molecule has 0 unspecified atom stereocenters. The highest BCUT2D eigenvalue weighted by atomic mass is 35.5. The lowest BCUT2D eigenvalue weighted by Crippen LogP contribution is -2.40. The van der Waals surface area contributed by atoms with Gasteiger partial charge in [-0.25, -0.2) is 4.79 Å². The van der Waals surface area contributed by atoms with Crippen LogP contribution in [0.25, 0.3) is 0 Å². The van der Waals surface area contributed by atoms with Crippen molar-refractivity contribution in [2.24, 2.45) is 0 Å². The molecule has 2 aromatic carbocycles. The van der Waals surface area contributed by atoms with Gasteiger partial charge in [0.25, 0.3) is 5.91 Å². The van der Waals surface area contributed by atoms with E-state index in [2.05, 4.69) is 0 Å². The van der Waals surface area contributed by atoms with Crippen molar-refractivity contribution in [1.82, 2.24) is 0 Å². The van der Waals surface area contributed by atoms with Crippen LogP contribution in [0.15, 0.2) is 48.5 Å². The number of esters is 1. The molecule has 7 heteroatoms. The van der Waals surface area contributed by atoms with Crippen LogP contribution >= 0.6 is 11.6 Å². The maximum absolute atomic E-state index is 12.8. The molecule has 3 rings (SSSR count). The van der Waals surface area contributed by atoms with E-state index < -0.39 is 12.1 Å². The van der Waals surface area contributed by atoms with Crippen molar-refractivity contribution in [1.29, 1.82) is 0 Å². The SMILES string of the molecule is CCN(C(=O)[C@@H](C)OC(=O)c1ccc(Cl)c(N2CCCC2=O)c1)c1ccccc1. The Balaban J connectivity index is 1.74. The van der Waals surface area contributed by atoms with Crippen LogP contribution in [0.3, 0.4) is 0 Å². The summed E-state index contributed by atoms with van der Waals surface area (Å²) in [5.74, 6) is -0.974. The summed E-state index contributed by atoms with van der Waals surface area (Å²) in [4.78, 5) is 40.6. The molecule has 0 spiro atoms. The van der Waals surface area contributed by atoms with Gasteiger partial charge in [-0.2, -0.15) is 0 Å². The van der Waals surface area contributed by atoms with E-state index in [1.807, 2.05) is 37.3 Å². The number of benzene rings is 2. The van der Waals surface area contributed by atoms with Gasteiger partial charge in [0.05, 0.1) is 16.3 Å². The first-order valence-electron chi connectivity index (χ1n) is 9.59. The molecule has 0 aromatic heterocycles. The zero-order valence-electron chi connectivity index (χ0n) is 16.4. The third-order valence-corrected chi connectivity index (χ3v) is 5.15. The van der Waals surface area contributed by atoms with E-state index in [4.69, 9.17) is 16.3 Å². The van der Waals surface area contributed by atoms with Crippen LogP contribution in [0.4, 0.5) is 11.4 Å². The van der Waals surface area contributed by atoms with Gasteiger partial charge in [0.15, 0.2) is 6.10 Å². The number of carbonyl (C=O) groups is 3. The largest absolute Gasteiger partial charge is 0.449 e. The fourth-order valence-electron chi connectivity index (χ4n) is 3.32. The van der Waals surface area contributed by atoms with E-state index in [0.29, 0.717) is 30.2 Å². The second-order valence-electron chi connectivity index (χ2n) is 6.78. The topological polar surface area (TPSA) is 66.9 Å². The Morgan fingerprint density at radius 3 is 2.55 bits per heavy atom. The summed E-state index contributed by atoms with van der Waals surface area (Å²) in [5.41, 5.74) is 1.47. The minimum absolute atomic E-state index is 0.0255. The summed E-state index contributed by atoms with van der Waals surface area (Å²) >= 11 is 6.22. The van der Waals surface area contributed by atoms with Crippen molar-refractivity contribution in [3.8, 4) is 0 Å². The minimum Gasteiger partial charge on any atom is -0.449 e. The lowest BCUT2D eigenvalue weighted by atomic mass is 10.2. The number of para-hydroxylation sites is 1. The summed E-state index contributed by atoms with van der Waals surface area (Å²) in [6.45, 7) is 4.42. The quantitative estimate of drug-likeness (QED) is 0.668. The molecular formula is C22H23ClN2O4. The van der Waals surface area contributed by atoms with Gasteiger partial charge < -0.3 is 14.5 Å². The summed E-state index contributed by atoms with van der Waals surface area (Å²) < 4.78 is 5.41. The van der Waals surface area contributed by atoms with Crippen LogP contribution < -0.4 is 9.80 Å². The highest BCUT2D eigenvalue weighted by Gasteiger charge is 2.27. The van der Waals surface area contributed by atoms with Gasteiger partial charge in [0, 0.05) is 25.2 Å². The van der Waals surface area contributed by atoms with Gasteiger partial charge in [-0.1, -0.05) is 29.8 Å². The Hall–Kier alpha value is -2.86. The van der Waals surface area contributed by atoms with Crippen LogP contribution in [0.1, 0.15) is 37.0 Å². The third-order valence-electron chi connectivity index (χ3n) is 4.83. The molecule has 0 aliphatic carbocycles. The monoisotopic (exact) mass is 414 g/mol. The normalized spacial score (nSPS) is 14.6. The molecule has 0 bridgehead atoms. The molecule has 1 saturated heterocycles. The number of hydrogen-bond acceptors (Lipinski definition) is 4. The van der Waals surface area contributed by atoms with Crippen molar-refractivity contribution in [2.75, 3.05) is 22.9 Å². The number of anilines is 2. The second-order valence-corrected chi connectivity index (χ2v) is 7.19. The molecule has 1 fully saturated rings. The first kappa shape index (κ1) is 20.9. The Morgan fingerprint density at radius 1 is 1.21 bits per heavy atom. The van der Waals surface area contributed by atoms with Crippen molar-refractivity contribution >= 4 is 40.8 Å². The van der Waals surface area contributed by atoms with E-state index in [-0.39, 0.29) is 17.4 Å². The number of hydrogen-bond donors (Lipinski definition) is 0. The molecule has 2 aromatic rings. The fourth-order valence-corrected chi connectivity index (χ4v) is 3.54. The van der Waals surface area contributed by atoms with Crippen molar-refractivity contribution < 1.29 is 19.1 Å². The number of ether oxygens (including phenoxy) is 1. The average Bonchev–Trinajstić information content (AvgIpc) is 3.15. The summed E-state index contributed by atoms with van der Waals surface area (Å²) in [7, 11) is 0. The fraction of sp³-hybridized carbons (Fsp3) is 0.318. The number of rotatable bonds is 6. The lowest BCUT2D eigenvalue weighted by molar-refractivity contribution is -0.126. The molecule has 2 amide bonds. The van der Waals surface area contributed by atoms with Gasteiger partial charge in [-0.05, 0) is 50.6 Å². The lowest BCUT2D eigenvalue weighted by Gasteiger charge is -2.24. The number of carbonyl (C=O) groups excluding carboxylic acids is 3. The number of nitrogens with zero attached hydrogens (tertiary/aromatic N) is 2. The van der Waals surface area contributed by atoms with E-state index in [1.54, 1.807) is 28.9 Å². The van der Waals surface area contributed by atoms with Crippen LogP contribution in [0.2, 0.25) is 5.02 Å². The molecule has 1 atom stereocenters. The molecule has 29 heavy (non-hydrogen) atoms. The molecule has 152 valence electrons. The molecule has 6 nitrogen and oxygen atoms in total. The van der Waals surface area contributed by atoms with Gasteiger partial charge in [-0.3, -0.25) is 9.59 Å². The average molecular weight is 415 g/mol. The van der Waals surface area contributed by atoms with Crippen molar-refractivity contribution in [3.63, 3.8) is 0 Å². The predicted octanol–water partition coefficient (Wildman–Crippen LogP) is 4.07. The van der Waals surface area contributed by atoms with Crippen LogP contribution in [0.5, 0.6) is 0 Å². The molecule has 0 radical (unpaired) electrons. The van der Waals surface area contributed by atoms with E-state index in [1.165, 1.54) is 6.07 Å². The molecule has 0 saturated carbocycles. The molecule has 1 heterocycles. The second kappa shape index (κ2) is 9.09. The van der Waals surface area contributed by atoms with E-state index >= 15 is 0 Å². The molecule has 1 aliphatic heterocycles. The number of amides is 2. The Kier molecular flexibility index (Phi) is 6.54. The zero-order valence-corrected chi connectivity index (χ0v) is 17.2. The Bertz CT molecular complexity index is 916. The van der Waals surface area contributed by atoms with Gasteiger partial charge in [0.2, 0.25) is 5.91 Å². The van der Waals surface area contributed by atoms with Crippen LogP contribution in [-0.2, 0) is 14.3 Å². The maximum atomic E-state index is 12.8. The Morgan fingerprint density at radius 2 is 1.93 bits per heavy atom. The molecular weight excluding hydrogens is 392 g/mol. The maximum Gasteiger partial charge on any atom is 0.338 e. The van der Waals surface area contributed by atoms with Gasteiger partial charge in [-0.15, -0.1) is 0 Å². The van der Waals surface area contributed by atoms with E-state index in [0.717, 1.165) is 12.1 Å². The summed E-state index contributed by atoms with van der Waals surface area (Å²) in [6.07, 6.45) is 0.250. The highest BCUT2D eigenvalue weighted by molar-refractivity contribution is 6.34. The van der Waals surface area contributed by atoms with Crippen molar-refractivity contribution in [3.05, 3.63) is 59.1 Å². The molecule has 0 N–H and O–H groups in total. The van der Waals surface area contributed by atoms with Gasteiger partial charge >= 0.3 is 5.97 Å². The standard InChI is InChI=1S/C22H23ClN2O4/c1-3-24(17-8-5-4-6-9-17)21(27)15(2)29-22(28)16-11-12-18(23)19(14-16)25-13-7-10-20(25)26/h4-6,8-9,11-12,14-15H,3,7,10,13H2,1-2H3/t15-/m1/s1. The molecule has 1 aliphatic rings. The third kappa shape index (κ3) is 4.59. The first-order valence-corrected chi connectivity index (χ1v) is 9.97. The van der Waals surface area contributed by atoms with Crippen LogP contribution in [-0.4, -0.2) is 37.0 Å². The summed E-state index contributed by atoms with van der Waals surface area (Å²) in [6, 6.07) is 13.8. The van der Waals surface area contributed by atoms with Crippen molar-refractivity contribution in [2.45, 2.75) is 32.8 Å². The number of halogens is 1. The predicted molar refractivity (Wildman–Crippen MR) is 112 cm³/mol.